The highest BCUT2D eigenvalue weighted by Gasteiger charge is 2.25. The predicted molar refractivity (Wildman–Crippen MR) is 266 cm³/mol. The van der Waals surface area contributed by atoms with Gasteiger partial charge in [0.1, 0.15) is 18.6 Å². The fourth-order valence-electron chi connectivity index (χ4n) is 4.58. The van der Waals surface area contributed by atoms with Crippen molar-refractivity contribution in [1.82, 2.24) is 52.3 Å². The zero-order valence-electron chi connectivity index (χ0n) is 43.9. The Balaban J connectivity index is -0.000000175. The van der Waals surface area contributed by atoms with Crippen LogP contribution < -0.4 is 48.3 Å². The van der Waals surface area contributed by atoms with Gasteiger partial charge in [-0.3, -0.25) is 38.4 Å². The molecule has 0 radical (unpaired) electrons. The lowest BCUT2D eigenvalue weighted by atomic mass is 10.1. The first-order valence-corrected chi connectivity index (χ1v) is 23.4. The maximum absolute atomic E-state index is 11.9. The van der Waals surface area contributed by atoms with Gasteiger partial charge in [-0.2, -0.15) is 0 Å². The summed E-state index contributed by atoms with van der Waals surface area (Å²) < 4.78 is 0. The number of aldehydes is 2. The number of hydrogen-bond donors (Lipinski definition) is 9. The summed E-state index contributed by atoms with van der Waals surface area (Å²) in [5.41, 5.74) is 4.88. The van der Waals surface area contributed by atoms with Gasteiger partial charge in [0.2, 0.25) is 48.8 Å². The lowest BCUT2D eigenvalue weighted by molar-refractivity contribution is -0.134. The second kappa shape index (κ2) is 53.6. The number of hydrogen-bond acceptors (Lipinski definition) is 13. The van der Waals surface area contributed by atoms with E-state index < -0.39 is 35.7 Å². The number of primary amides is 1. The third-order valence-corrected chi connectivity index (χ3v) is 8.07. The summed E-state index contributed by atoms with van der Waals surface area (Å²) in [5.74, 6) is -0.390. The van der Waals surface area contributed by atoms with Gasteiger partial charge < -0.3 is 67.7 Å². The number of likely N-dealkylation sites (N-methyl/N-ethyl adjacent to an activating group) is 1. The predicted octanol–water partition coefficient (Wildman–Crippen LogP) is 0.632. The van der Waals surface area contributed by atoms with Crippen molar-refractivity contribution in [3.8, 4) is 0 Å². The van der Waals surface area contributed by atoms with Gasteiger partial charge >= 0.3 is 0 Å². The van der Waals surface area contributed by atoms with E-state index in [4.69, 9.17) is 5.73 Å². The highest BCUT2D eigenvalue weighted by Crippen LogP contribution is 2.15. The molecular weight excluding hydrogens is 867 g/mol. The minimum Gasteiger partial charge on any atom is -0.370 e. The minimum absolute atomic E-state index is 0.0186. The quantitative estimate of drug-likeness (QED) is 0.0715. The van der Waals surface area contributed by atoms with Crippen molar-refractivity contribution in [3.05, 3.63) is 0 Å². The minimum atomic E-state index is -0.769. The number of nitrogens with two attached hydrogens (primary N) is 1. The summed E-state index contributed by atoms with van der Waals surface area (Å²) in [6.45, 7) is 30.6. The topological polar surface area (TPSA) is 299 Å². The zero-order valence-corrected chi connectivity index (χ0v) is 43.9. The molecule has 394 valence electrons. The summed E-state index contributed by atoms with van der Waals surface area (Å²) in [6, 6.07) is -0.170. The number of amides is 8. The molecule has 67 heavy (non-hydrogen) atoms. The molecule has 10 N–H and O–H groups in total. The number of nitrogens with one attached hydrogen (secondary N) is 8. The van der Waals surface area contributed by atoms with Crippen LogP contribution in [0, 0.1) is 11.8 Å². The fraction of sp³-hybridized carbons (Fsp3) is 0.783. The first-order chi connectivity index (χ1) is 31.5. The van der Waals surface area contributed by atoms with Gasteiger partial charge in [0.15, 0.2) is 0 Å². The molecule has 2 heterocycles. The van der Waals surface area contributed by atoms with Gasteiger partial charge in [-0.1, -0.05) is 48.5 Å². The normalized spacial score (nSPS) is 14.7. The number of likely N-dealkylation sites (tertiary alicyclic amines) is 1. The molecule has 2 aliphatic rings. The molecule has 0 aliphatic carbocycles. The molecule has 2 aliphatic heterocycles. The van der Waals surface area contributed by atoms with E-state index in [0.29, 0.717) is 31.7 Å². The van der Waals surface area contributed by atoms with Gasteiger partial charge in [-0.15, -0.1) is 0 Å². The molecule has 2 fully saturated rings. The Kier molecular flexibility index (Phi) is 58.8. The third kappa shape index (κ3) is 61.0. The highest BCUT2D eigenvalue weighted by atomic mass is 16.2. The highest BCUT2D eigenvalue weighted by molar-refractivity contribution is 5.91. The Morgan fingerprint density at radius 1 is 0.761 bits per heavy atom. The largest absolute Gasteiger partial charge is 0.370 e. The van der Waals surface area contributed by atoms with E-state index in [1.54, 1.807) is 16.8 Å². The number of carbonyl (C=O) groups excluding carboxylic acids is 10. The van der Waals surface area contributed by atoms with Gasteiger partial charge in [0.05, 0.1) is 32.2 Å². The molecular formula is C46H95N11O10. The van der Waals surface area contributed by atoms with E-state index in [1.807, 2.05) is 34.7 Å². The Hall–Kier alpha value is -5.02. The molecule has 0 saturated carbocycles. The maximum Gasteiger partial charge on any atom is 0.242 e. The van der Waals surface area contributed by atoms with Crippen LogP contribution in [0.2, 0.25) is 0 Å². The summed E-state index contributed by atoms with van der Waals surface area (Å²) in [5, 5.41) is 20.5. The molecule has 0 aromatic heterocycles. The van der Waals surface area contributed by atoms with Crippen LogP contribution in [0.4, 0.5) is 0 Å². The monoisotopic (exact) mass is 962 g/mol. The van der Waals surface area contributed by atoms with E-state index in [0.717, 1.165) is 63.0 Å². The van der Waals surface area contributed by atoms with Crippen LogP contribution in [0.15, 0.2) is 0 Å². The average molecular weight is 962 g/mol. The maximum atomic E-state index is 11.9. The smallest absolute Gasteiger partial charge is 0.242 e. The molecule has 21 nitrogen and oxygen atoms in total. The first-order valence-electron chi connectivity index (χ1n) is 23.4. The van der Waals surface area contributed by atoms with Crippen molar-refractivity contribution < 1.29 is 47.9 Å². The SMILES string of the molecule is CC(C)C.CC(C)C.CC(NC(=O)CNC=O)C(=O)NCC(=O)N1CCCC1C.CC1CCCN1.CCN(C=O)C(C)C.CCNC.CNCC=O.NC(=O)CCC(C=O)NC(=O)CNC=O. The lowest BCUT2D eigenvalue weighted by Gasteiger charge is -2.22. The van der Waals surface area contributed by atoms with Crippen LogP contribution in [0.25, 0.3) is 0 Å². The van der Waals surface area contributed by atoms with Crippen molar-refractivity contribution >= 4 is 61.3 Å². The molecule has 0 aromatic rings. The van der Waals surface area contributed by atoms with Gasteiger partial charge in [-0.05, 0) is 113 Å². The first kappa shape index (κ1) is 73.5. The average Bonchev–Trinajstić information content (AvgIpc) is 3.94. The van der Waals surface area contributed by atoms with Gasteiger partial charge in [0, 0.05) is 37.6 Å². The molecule has 4 unspecified atom stereocenters. The van der Waals surface area contributed by atoms with E-state index in [1.165, 1.54) is 26.3 Å². The number of nitrogens with zero attached hydrogens (tertiary/aromatic N) is 2. The molecule has 8 amide bonds. The fourth-order valence-corrected chi connectivity index (χ4v) is 4.58. The number of rotatable bonds is 21. The molecule has 0 bridgehead atoms. The standard InChI is InChI=1S/C13H22N4O4.C8H13N3O4.C6H13NO.C5H11N.2C4H10.C3H7NO.C3H9N/c1-9-4-3-5-17(9)12(20)7-15-13(21)10(2)16-11(19)6-14-8-18;9-7(14)2-1-6(4-12)11-8(15)3-10-5-13;1-4-7(5-8)6(2)3;1-5-3-2-4-6-5;2*1-4(2)3;1-4-2-3-5;1-3-4-2/h8-10H,3-7H2,1-2H3,(H,14,18)(H,15,21)(H,16,19);4-6H,1-3H2,(H2,9,14)(H,10,13)(H,11,15);5-6H,4H2,1-3H3;5-6H,2-4H2,1H3;2*4H,1-3H3;3-4H,2H2,1H3;4H,3H2,1-2H3. The lowest BCUT2D eigenvalue weighted by Crippen LogP contribution is -2.49. The second-order valence-corrected chi connectivity index (χ2v) is 16.8. The van der Waals surface area contributed by atoms with Gasteiger partial charge in [0.25, 0.3) is 0 Å². The summed E-state index contributed by atoms with van der Waals surface area (Å²) in [7, 11) is 3.66. The van der Waals surface area contributed by atoms with Crippen molar-refractivity contribution in [2.45, 2.75) is 159 Å². The van der Waals surface area contributed by atoms with Crippen LogP contribution >= 0.6 is 0 Å². The van der Waals surface area contributed by atoms with E-state index in [2.05, 4.69) is 97.9 Å². The second-order valence-electron chi connectivity index (χ2n) is 16.8. The van der Waals surface area contributed by atoms with Crippen LogP contribution in [-0.2, 0) is 47.9 Å². The van der Waals surface area contributed by atoms with Crippen LogP contribution in [0.1, 0.15) is 129 Å². The summed E-state index contributed by atoms with van der Waals surface area (Å²) in [6.07, 6.45) is 7.88. The Morgan fingerprint density at radius 3 is 1.54 bits per heavy atom. The molecule has 2 saturated heterocycles. The Morgan fingerprint density at radius 2 is 1.27 bits per heavy atom. The number of carbonyl (C=O) groups is 10. The summed E-state index contributed by atoms with van der Waals surface area (Å²) >= 11 is 0. The van der Waals surface area contributed by atoms with Crippen molar-refractivity contribution in [2.24, 2.45) is 17.6 Å². The molecule has 0 spiro atoms. The van der Waals surface area contributed by atoms with Crippen LogP contribution in [-0.4, -0.2) is 168 Å². The third-order valence-electron chi connectivity index (χ3n) is 8.07. The molecule has 4 atom stereocenters. The zero-order chi connectivity index (χ0) is 53.2. The Bertz CT molecular complexity index is 1260. The van der Waals surface area contributed by atoms with Crippen molar-refractivity contribution in [1.29, 1.82) is 0 Å². The van der Waals surface area contributed by atoms with Crippen LogP contribution in [0.3, 0.4) is 0 Å². The van der Waals surface area contributed by atoms with Gasteiger partial charge in [-0.25, -0.2) is 0 Å². The summed E-state index contributed by atoms with van der Waals surface area (Å²) in [4.78, 5) is 110. The van der Waals surface area contributed by atoms with Crippen LogP contribution in [0.5, 0.6) is 0 Å². The molecule has 21 heteroatoms. The molecule has 0 aromatic carbocycles. The van der Waals surface area contributed by atoms with E-state index >= 15 is 0 Å². The van der Waals surface area contributed by atoms with Crippen molar-refractivity contribution in [2.75, 3.05) is 66.5 Å². The van der Waals surface area contributed by atoms with Crippen molar-refractivity contribution in [3.63, 3.8) is 0 Å². The Labute approximate surface area is 403 Å². The van der Waals surface area contributed by atoms with E-state index in [-0.39, 0.29) is 44.4 Å². The molecule has 2 rings (SSSR count). The van der Waals surface area contributed by atoms with E-state index in [9.17, 15) is 47.9 Å².